The van der Waals surface area contributed by atoms with E-state index in [1.54, 1.807) is 20.3 Å². The van der Waals surface area contributed by atoms with Crippen LogP contribution in [0.2, 0.25) is 0 Å². The summed E-state index contributed by atoms with van der Waals surface area (Å²) in [4.78, 5) is 48.9. The summed E-state index contributed by atoms with van der Waals surface area (Å²) in [5.74, 6) is -1.38. The molecule has 3 rings (SSSR count). The molecule has 1 aliphatic carbocycles. The lowest BCUT2D eigenvalue weighted by Gasteiger charge is -2.19. The minimum atomic E-state index is -1.85. The number of ether oxygens (including phenoxy) is 4. The third-order valence-corrected chi connectivity index (χ3v) is 7.90. The number of carboxylic acid groups (broad SMARTS) is 2. The molecule has 0 radical (unpaired) electrons. The van der Waals surface area contributed by atoms with Crippen molar-refractivity contribution in [3.05, 3.63) is 45.6 Å². The van der Waals surface area contributed by atoms with Gasteiger partial charge in [-0.05, 0) is 73.4 Å². The smallest absolute Gasteiger partial charge is 0.320 e. The van der Waals surface area contributed by atoms with Crippen molar-refractivity contribution >= 4 is 17.7 Å². The number of fused-ring (bicyclic) bond motifs is 3. The minimum Gasteiger partial charge on any atom is -0.493 e. The van der Waals surface area contributed by atoms with Crippen LogP contribution in [0.3, 0.4) is 0 Å². The molecule has 0 aromatic heterocycles. The number of methoxy groups -OCH3 is 4. The van der Waals surface area contributed by atoms with Gasteiger partial charge in [-0.15, -0.1) is 0 Å². The second-order valence-electron chi connectivity index (χ2n) is 10.4. The normalized spacial score (nSPS) is 14.2. The number of ketones is 1. The van der Waals surface area contributed by atoms with Crippen molar-refractivity contribution in [2.45, 2.75) is 64.2 Å². The molecule has 0 saturated carbocycles. The largest absolute Gasteiger partial charge is 0.493 e. The SMILES string of the molecule is COc1cc2c(c(OC)c1OC)-c1ccc(OC)c(=O)cc1C(CC(=O)CCCCCC(C)(C(=O)O)C(=O)O)CC2. The van der Waals surface area contributed by atoms with E-state index in [4.69, 9.17) is 18.9 Å². The first-order valence-corrected chi connectivity index (χ1v) is 13.5. The summed E-state index contributed by atoms with van der Waals surface area (Å²) in [7, 11) is 6.05. The Morgan fingerprint density at radius 1 is 0.878 bits per heavy atom. The summed E-state index contributed by atoms with van der Waals surface area (Å²) < 4.78 is 22.3. The van der Waals surface area contributed by atoms with E-state index in [-0.39, 0.29) is 42.1 Å². The van der Waals surface area contributed by atoms with Crippen molar-refractivity contribution in [2.75, 3.05) is 28.4 Å². The summed E-state index contributed by atoms with van der Waals surface area (Å²) in [6.07, 6.45) is 3.10. The molecule has 2 aromatic carbocycles. The summed E-state index contributed by atoms with van der Waals surface area (Å²) in [5, 5.41) is 18.5. The van der Waals surface area contributed by atoms with Crippen LogP contribution in [0.4, 0.5) is 0 Å². The van der Waals surface area contributed by atoms with Crippen molar-refractivity contribution in [3.8, 4) is 34.1 Å². The zero-order chi connectivity index (χ0) is 30.3. The van der Waals surface area contributed by atoms with Gasteiger partial charge in [0.15, 0.2) is 22.7 Å². The summed E-state index contributed by atoms with van der Waals surface area (Å²) >= 11 is 0. The number of aryl methyl sites for hydroxylation is 1. The van der Waals surface area contributed by atoms with Crippen molar-refractivity contribution in [1.82, 2.24) is 0 Å². The van der Waals surface area contributed by atoms with Gasteiger partial charge < -0.3 is 29.2 Å². The van der Waals surface area contributed by atoms with Gasteiger partial charge >= 0.3 is 11.9 Å². The number of carbonyl (C=O) groups excluding carboxylic acids is 1. The zero-order valence-electron chi connectivity index (χ0n) is 24.2. The Balaban J connectivity index is 1.89. The molecular formula is C31H38O10. The number of carboxylic acids is 2. The van der Waals surface area contributed by atoms with Gasteiger partial charge in [0.05, 0.1) is 28.4 Å². The second-order valence-corrected chi connectivity index (χ2v) is 10.4. The van der Waals surface area contributed by atoms with Crippen LogP contribution in [-0.2, 0) is 20.8 Å². The van der Waals surface area contributed by atoms with Crippen LogP contribution < -0.4 is 24.4 Å². The third kappa shape index (κ3) is 6.64. The highest BCUT2D eigenvalue weighted by atomic mass is 16.5. The van der Waals surface area contributed by atoms with Crippen LogP contribution in [0, 0.1) is 5.41 Å². The first kappa shape index (κ1) is 31.4. The Morgan fingerprint density at radius 2 is 1.54 bits per heavy atom. The molecule has 0 bridgehead atoms. The zero-order valence-corrected chi connectivity index (χ0v) is 24.2. The number of hydrogen-bond donors (Lipinski definition) is 2. The molecule has 0 spiro atoms. The number of unbranched alkanes of at least 4 members (excludes halogenated alkanes) is 2. The lowest BCUT2D eigenvalue weighted by molar-refractivity contribution is -0.163. The summed E-state index contributed by atoms with van der Waals surface area (Å²) in [6, 6.07) is 6.87. The highest BCUT2D eigenvalue weighted by Gasteiger charge is 2.40. The van der Waals surface area contributed by atoms with E-state index in [1.165, 1.54) is 27.2 Å². The predicted molar refractivity (Wildman–Crippen MR) is 152 cm³/mol. The first-order chi connectivity index (χ1) is 19.5. The van der Waals surface area contributed by atoms with E-state index < -0.39 is 17.4 Å². The highest BCUT2D eigenvalue weighted by molar-refractivity contribution is 5.97. The monoisotopic (exact) mass is 570 g/mol. The van der Waals surface area contributed by atoms with Gasteiger partial charge in [-0.3, -0.25) is 19.2 Å². The van der Waals surface area contributed by atoms with Gasteiger partial charge in [-0.2, -0.15) is 0 Å². The molecule has 1 atom stereocenters. The van der Waals surface area contributed by atoms with Crippen LogP contribution in [0.1, 0.15) is 68.9 Å². The number of rotatable bonds is 14. The van der Waals surface area contributed by atoms with Crippen molar-refractivity contribution < 1.29 is 43.5 Å². The average molecular weight is 571 g/mol. The quantitative estimate of drug-likeness (QED) is 0.238. The fourth-order valence-electron chi connectivity index (χ4n) is 5.42. The number of aliphatic carboxylic acids is 2. The minimum absolute atomic E-state index is 0.0131. The number of Topliss-reactive ketones (excluding diaryl/α,β-unsaturated/α-hetero) is 1. The number of carbonyl (C=O) groups is 3. The van der Waals surface area contributed by atoms with Crippen LogP contribution >= 0.6 is 0 Å². The standard InChI is InChI=1S/C31H38O10/c1-31(29(34)35,30(36)37)14-8-6-7-9-20(32)15-18-10-11-19-16-25(39-3)27(40-4)28(41-5)26(19)21-12-13-24(38-2)23(33)17-22(18)21/h12-13,16-18H,6-11,14-15H2,1-5H3,(H,34,35)(H,36,37). The molecule has 10 heteroatoms. The average Bonchev–Trinajstić information content (AvgIpc) is 3.19. The van der Waals surface area contributed by atoms with Gasteiger partial charge in [0.25, 0.3) is 0 Å². The number of benzene rings is 1. The molecule has 0 amide bonds. The lowest BCUT2D eigenvalue weighted by atomic mass is 9.84. The molecule has 0 heterocycles. The maximum Gasteiger partial charge on any atom is 0.320 e. The highest BCUT2D eigenvalue weighted by Crippen LogP contribution is 2.51. The van der Waals surface area contributed by atoms with E-state index in [2.05, 4.69) is 0 Å². The molecule has 41 heavy (non-hydrogen) atoms. The van der Waals surface area contributed by atoms with Crippen molar-refractivity contribution in [3.63, 3.8) is 0 Å². The van der Waals surface area contributed by atoms with Crippen LogP contribution in [0.15, 0.2) is 29.1 Å². The van der Waals surface area contributed by atoms with Crippen LogP contribution in [0.5, 0.6) is 23.0 Å². The molecule has 2 aromatic rings. The van der Waals surface area contributed by atoms with E-state index in [0.717, 1.165) is 22.3 Å². The Kier molecular flexibility index (Phi) is 10.4. The number of hydrogen-bond acceptors (Lipinski definition) is 8. The van der Waals surface area contributed by atoms with Crippen LogP contribution in [0.25, 0.3) is 11.1 Å². The molecule has 1 aliphatic rings. The Morgan fingerprint density at radius 3 is 2.12 bits per heavy atom. The second kappa shape index (κ2) is 13.5. The maximum absolute atomic E-state index is 13.1. The maximum atomic E-state index is 13.1. The third-order valence-electron chi connectivity index (χ3n) is 7.90. The molecule has 222 valence electrons. The molecular weight excluding hydrogens is 532 g/mol. The Labute approximate surface area is 239 Å². The predicted octanol–water partition coefficient (Wildman–Crippen LogP) is 4.86. The fourth-order valence-corrected chi connectivity index (χ4v) is 5.42. The molecule has 1 unspecified atom stereocenters. The molecule has 0 fully saturated rings. The molecule has 0 aliphatic heterocycles. The summed E-state index contributed by atoms with van der Waals surface area (Å²) in [5.41, 5.74) is 1.03. The van der Waals surface area contributed by atoms with E-state index in [1.807, 2.05) is 12.1 Å². The van der Waals surface area contributed by atoms with Gasteiger partial charge in [0.2, 0.25) is 11.2 Å². The lowest BCUT2D eigenvalue weighted by Crippen LogP contribution is -2.36. The van der Waals surface area contributed by atoms with E-state index >= 15 is 0 Å². The van der Waals surface area contributed by atoms with E-state index in [0.29, 0.717) is 49.4 Å². The fraction of sp³-hybridized carbons (Fsp3) is 0.484. The topological polar surface area (TPSA) is 146 Å². The molecule has 2 N–H and O–H groups in total. The first-order valence-electron chi connectivity index (χ1n) is 13.5. The van der Waals surface area contributed by atoms with Crippen LogP contribution in [-0.4, -0.2) is 56.4 Å². The van der Waals surface area contributed by atoms with Crippen molar-refractivity contribution in [1.29, 1.82) is 0 Å². The van der Waals surface area contributed by atoms with Gasteiger partial charge in [0.1, 0.15) is 5.78 Å². The van der Waals surface area contributed by atoms with Gasteiger partial charge in [0, 0.05) is 18.4 Å². The Bertz CT molecular complexity index is 1350. The Hall–Kier alpha value is -4.08. The van der Waals surface area contributed by atoms with Crippen molar-refractivity contribution in [2.24, 2.45) is 5.41 Å². The molecule has 10 nitrogen and oxygen atoms in total. The van der Waals surface area contributed by atoms with Gasteiger partial charge in [-0.1, -0.05) is 18.9 Å². The van der Waals surface area contributed by atoms with Gasteiger partial charge in [-0.25, -0.2) is 0 Å². The molecule has 0 saturated heterocycles. The summed E-state index contributed by atoms with van der Waals surface area (Å²) in [6.45, 7) is 1.20. The van der Waals surface area contributed by atoms with E-state index in [9.17, 15) is 29.4 Å².